The molecule has 0 aliphatic rings. The Morgan fingerprint density at radius 3 is 2.43 bits per heavy atom. The van der Waals surface area contributed by atoms with Crippen LogP contribution >= 0.6 is 0 Å². The van der Waals surface area contributed by atoms with Crippen LogP contribution in [0.2, 0.25) is 0 Å². The van der Waals surface area contributed by atoms with Crippen LogP contribution in [0.5, 0.6) is 0 Å². The maximum absolute atomic E-state index is 12.2. The molecule has 0 atom stereocenters. The molecule has 23 heavy (non-hydrogen) atoms. The van der Waals surface area contributed by atoms with E-state index in [9.17, 15) is 13.2 Å². The van der Waals surface area contributed by atoms with Crippen LogP contribution in [0.25, 0.3) is 0 Å². The van der Waals surface area contributed by atoms with Crippen LogP contribution in [0.15, 0.2) is 42.6 Å². The second kappa shape index (κ2) is 6.78. The lowest BCUT2D eigenvalue weighted by Crippen LogP contribution is -2.38. The number of aryl methyl sites for hydroxylation is 2. The summed E-state index contributed by atoms with van der Waals surface area (Å²) in [6.45, 7) is 3.38. The number of carbonyl (C=O) groups is 1. The second-order valence-corrected chi connectivity index (χ2v) is 7.23. The molecule has 7 heteroatoms. The summed E-state index contributed by atoms with van der Waals surface area (Å²) in [6.07, 6.45) is 2.71. The summed E-state index contributed by atoms with van der Waals surface area (Å²) in [5, 5.41) is 2.60. The molecule has 1 amide bonds. The number of anilines is 2. The summed E-state index contributed by atoms with van der Waals surface area (Å²) in [5.74, 6) is -0.0612. The monoisotopic (exact) mass is 333 g/mol. The van der Waals surface area contributed by atoms with E-state index in [1.54, 1.807) is 37.4 Å². The average molecular weight is 333 g/mol. The van der Waals surface area contributed by atoms with E-state index in [0.29, 0.717) is 11.5 Å². The molecule has 0 aliphatic carbocycles. The number of para-hydroxylation sites is 1. The Balaban J connectivity index is 2.20. The molecule has 1 aromatic heterocycles. The number of pyridine rings is 1. The molecular weight excluding hydrogens is 314 g/mol. The predicted octanol–water partition coefficient (Wildman–Crippen LogP) is 2.10. The zero-order chi connectivity index (χ0) is 17.0. The molecule has 0 saturated heterocycles. The van der Waals surface area contributed by atoms with Crippen molar-refractivity contribution in [2.75, 3.05) is 22.4 Å². The van der Waals surface area contributed by atoms with Gasteiger partial charge in [-0.3, -0.25) is 9.10 Å². The van der Waals surface area contributed by atoms with Crippen LogP contribution < -0.4 is 9.62 Å². The van der Waals surface area contributed by atoms with E-state index in [1.165, 1.54) is 0 Å². The first kappa shape index (κ1) is 17.0. The number of nitrogens with one attached hydrogen (secondary N) is 1. The van der Waals surface area contributed by atoms with Gasteiger partial charge in [-0.05, 0) is 37.1 Å². The standard InChI is InChI=1S/C16H19N3O3S/c1-12-8-9-15(17-10-12)18-16(20)11-19(23(3,21)22)14-7-5-4-6-13(14)2/h4-10H,11H2,1-3H3,(H,17,18,20). The second-order valence-electron chi connectivity index (χ2n) is 5.33. The third kappa shape index (κ3) is 4.53. The van der Waals surface area contributed by atoms with Crippen molar-refractivity contribution in [3.8, 4) is 0 Å². The molecular formula is C16H19N3O3S. The van der Waals surface area contributed by atoms with Crippen LogP contribution in [0, 0.1) is 13.8 Å². The van der Waals surface area contributed by atoms with Crippen molar-refractivity contribution in [3.05, 3.63) is 53.7 Å². The summed E-state index contributed by atoms with van der Waals surface area (Å²) in [6, 6.07) is 10.5. The number of hydrogen-bond acceptors (Lipinski definition) is 4. The van der Waals surface area contributed by atoms with E-state index in [4.69, 9.17) is 0 Å². The molecule has 1 heterocycles. The minimum atomic E-state index is -3.58. The molecule has 0 fully saturated rings. The van der Waals surface area contributed by atoms with Gasteiger partial charge < -0.3 is 5.32 Å². The number of aromatic nitrogens is 1. The van der Waals surface area contributed by atoms with Crippen molar-refractivity contribution < 1.29 is 13.2 Å². The minimum Gasteiger partial charge on any atom is -0.309 e. The third-order valence-corrected chi connectivity index (χ3v) is 4.38. The van der Waals surface area contributed by atoms with Gasteiger partial charge in [0.1, 0.15) is 12.4 Å². The van der Waals surface area contributed by atoms with E-state index >= 15 is 0 Å². The molecule has 0 spiro atoms. The van der Waals surface area contributed by atoms with Crippen molar-refractivity contribution >= 4 is 27.4 Å². The predicted molar refractivity (Wildman–Crippen MR) is 91.0 cm³/mol. The number of rotatable bonds is 5. The first-order valence-corrected chi connectivity index (χ1v) is 8.88. The van der Waals surface area contributed by atoms with E-state index < -0.39 is 15.9 Å². The zero-order valence-electron chi connectivity index (χ0n) is 13.3. The minimum absolute atomic E-state index is 0.306. The van der Waals surface area contributed by atoms with Gasteiger partial charge in [-0.15, -0.1) is 0 Å². The number of sulfonamides is 1. The van der Waals surface area contributed by atoms with Crippen LogP contribution in [0.1, 0.15) is 11.1 Å². The third-order valence-electron chi connectivity index (χ3n) is 3.25. The lowest BCUT2D eigenvalue weighted by molar-refractivity contribution is -0.114. The molecule has 1 N–H and O–H groups in total. The van der Waals surface area contributed by atoms with Gasteiger partial charge >= 0.3 is 0 Å². The highest BCUT2D eigenvalue weighted by Gasteiger charge is 2.22. The van der Waals surface area contributed by atoms with E-state index in [1.807, 2.05) is 19.1 Å². The fourth-order valence-electron chi connectivity index (χ4n) is 2.08. The Hall–Kier alpha value is -2.41. The van der Waals surface area contributed by atoms with E-state index in [-0.39, 0.29) is 6.54 Å². The van der Waals surface area contributed by atoms with Gasteiger partial charge in [-0.25, -0.2) is 13.4 Å². The van der Waals surface area contributed by atoms with Crippen molar-refractivity contribution in [1.82, 2.24) is 4.98 Å². The maximum atomic E-state index is 12.2. The van der Waals surface area contributed by atoms with Gasteiger partial charge in [0.15, 0.2) is 0 Å². The van der Waals surface area contributed by atoms with Crippen LogP contribution in [-0.4, -0.2) is 32.1 Å². The van der Waals surface area contributed by atoms with Gasteiger partial charge in [0.25, 0.3) is 0 Å². The Kier molecular flexibility index (Phi) is 5.00. The number of amides is 1. The number of nitrogens with zero attached hydrogens (tertiary/aromatic N) is 2. The van der Waals surface area contributed by atoms with Crippen LogP contribution in [-0.2, 0) is 14.8 Å². The number of benzene rings is 1. The van der Waals surface area contributed by atoms with Crippen molar-refractivity contribution in [1.29, 1.82) is 0 Å². The zero-order valence-corrected chi connectivity index (χ0v) is 14.1. The maximum Gasteiger partial charge on any atom is 0.246 e. The molecule has 122 valence electrons. The summed E-state index contributed by atoms with van der Waals surface area (Å²) in [4.78, 5) is 16.3. The smallest absolute Gasteiger partial charge is 0.246 e. The van der Waals surface area contributed by atoms with Crippen LogP contribution in [0.3, 0.4) is 0 Å². The lowest BCUT2D eigenvalue weighted by atomic mass is 10.2. The molecule has 0 radical (unpaired) electrons. The van der Waals surface area contributed by atoms with Crippen molar-refractivity contribution in [2.24, 2.45) is 0 Å². The molecule has 1 aromatic carbocycles. The Labute approximate surface area is 136 Å². The largest absolute Gasteiger partial charge is 0.309 e. The fourth-order valence-corrected chi connectivity index (χ4v) is 2.99. The molecule has 2 rings (SSSR count). The number of carbonyl (C=O) groups excluding carboxylic acids is 1. The highest BCUT2D eigenvalue weighted by atomic mass is 32.2. The fraction of sp³-hybridized carbons (Fsp3) is 0.250. The quantitative estimate of drug-likeness (QED) is 0.909. The van der Waals surface area contributed by atoms with Crippen molar-refractivity contribution in [2.45, 2.75) is 13.8 Å². The molecule has 0 aliphatic heterocycles. The van der Waals surface area contributed by atoms with E-state index in [2.05, 4.69) is 10.3 Å². The van der Waals surface area contributed by atoms with Gasteiger partial charge in [0.2, 0.25) is 15.9 Å². The SMILES string of the molecule is Cc1ccc(NC(=O)CN(c2ccccc2C)S(C)(=O)=O)nc1. The summed E-state index contributed by atoms with van der Waals surface area (Å²) in [5.41, 5.74) is 2.24. The summed E-state index contributed by atoms with van der Waals surface area (Å²) in [7, 11) is -3.58. The normalized spacial score (nSPS) is 11.1. The Bertz CT molecular complexity index is 802. The molecule has 0 unspecified atom stereocenters. The first-order chi connectivity index (χ1) is 10.8. The number of hydrogen-bond donors (Lipinski definition) is 1. The Morgan fingerprint density at radius 1 is 1.17 bits per heavy atom. The molecule has 2 aromatic rings. The lowest BCUT2D eigenvalue weighted by Gasteiger charge is -2.23. The molecule has 0 saturated carbocycles. The topological polar surface area (TPSA) is 79.4 Å². The summed E-state index contributed by atoms with van der Waals surface area (Å²) >= 11 is 0. The highest BCUT2D eigenvalue weighted by molar-refractivity contribution is 7.92. The molecule has 6 nitrogen and oxygen atoms in total. The van der Waals surface area contributed by atoms with Gasteiger partial charge in [0.05, 0.1) is 11.9 Å². The van der Waals surface area contributed by atoms with Gasteiger partial charge in [-0.1, -0.05) is 24.3 Å². The van der Waals surface area contributed by atoms with Gasteiger partial charge in [0, 0.05) is 6.20 Å². The average Bonchev–Trinajstić information content (AvgIpc) is 2.47. The summed E-state index contributed by atoms with van der Waals surface area (Å²) < 4.78 is 25.2. The van der Waals surface area contributed by atoms with E-state index in [0.717, 1.165) is 21.7 Å². The highest BCUT2D eigenvalue weighted by Crippen LogP contribution is 2.21. The molecule has 0 bridgehead atoms. The first-order valence-electron chi connectivity index (χ1n) is 7.03. The van der Waals surface area contributed by atoms with Crippen LogP contribution in [0.4, 0.5) is 11.5 Å². The van der Waals surface area contributed by atoms with Gasteiger partial charge in [-0.2, -0.15) is 0 Å². The Morgan fingerprint density at radius 2 is 1.87 bits per heavy atom. The van der Waals surface area contributed by atoms with Crippen molar-refractivity contribution in [3.63, 3.8) is 0 Å².